The molecule has 0 spiro atoms. The molecule has 1 aliphatic heterocycles. The Hall–Kier alpha value is -3.22. The molecule has 1 fully saturated rings. The van der Waals surface area contributed by atoms with Crippen molar-refractivity contribution in [2.24, 2.45) is 5.92 Å². The molecule has 0 radical (unpaired) electrons. The Morgan fingerprint density at radius 2 is 1.78 bits per heavy atom. The van der Waals surface area contributed by atoms with Gasteiger partial charge in [0.2, 0.25) is 5.91 Å². The van der Waals surface area contributed by atoms with Crippen LogP contribution in [0.25, 0.3) is 0 Å². The van der Waals surface area contributed by atoms with Gasteiger partial charge in [0.15, 0.2) is 0 Å². The Morgan fingerprint density at radius 3 is 2.56 bits per heavy atom. The predicted molar refractivity (Wildman–Crippen MR) is 142 cm³/mol. The largest absolute Gasteiger partial charge is 0.457 e. The van der Waals surface area contributed by atoms with Gasteiger partial charge in [-0.05, 0) is 60.2 Å². The monoisotopic (exact) mass is 489 g/mol. The second-order valence-electron chi connectivity index (χ2n) is 9.87. The normalized spacial score (nSPS) is 17.9. The molecule has 190 valence electrons. The number of benzene rings is 3. The third-order valence-electron chi connectivity index (χ3n) is 6.43. The van der Waals surface area contributed by atoms with E-state index in [-0.39, 0.29) is 23.8 Å². The number of para-hydroxylation sites is 1. The van der Waals surface area contributed by atoms with Crippen LogP contribution in [0.15, 0.2) is 78.9 Å². The molecule has 0 bridgehead atoms. The van der Waals surface area contributed by atoms with E-state index in [0.717, 1.165) is 36.6 Å². The topological polar surface area (TPSA) is 53.6 Å². The molecule has 1 heterocycles. The number of halogens is 1. The number of carbonyl (C=O) groups is 1. The van der Waals surface area contributed by atoms with Crippen LogP contribution in [0.2, 0.25) is 0 Å². The van der Waals surface area contributed by atoms with Crippen LogP contribution in [0, 0.1) is 11.7 Å². The summed E-state index contributed by atoms with van der Waals surface area (Å²) < 4.78 is 19.9. The van der Waals surface area contributed by atoms with Crippen LogP contribution < -0.4 is 15.4 Å². The van der Waals surface area contributed by atoms with E-state index in [1.54, 1.807) is 12.1 Å². The number of nitrogens with one attached hydrogen (secondary N) is 2. The summed E-state index contributed by atoms with van der Waals surface area (Å²) in [5.74, 6) is 1.88. The minimum absolute atomic E-state index is 0.0227. The van der Waals surface area contributed by atoms with Gasteiger partial charge in [0, 0.05) is 32.2 Å². The van der Waals surface area contributed by atoms with Crippen molar-refractivity contribution in [1.29, 1.82) is 0 Å². The lowest BCUT2D eigenvalue weighted by molar-refractivity contribution is -0.125. The maximum Gasteiger partial charge on any atom is 0.237 e. The number of hydrogen-bond donors (Lipinski definition) is 2. The first-order valence-electron chi connectivity index (χ1n) is 12.8. The number of amides is 1. The minimum Gasteiger partial charge on any atom is -0.457 e. The van der Waals surface area contributed by atoms with Gasteiger partial charge in [-0.25, -0.2) is 4.39 Å². The van der Waals surface area contributed by atoms with Gasteiger partial charge < -0.3 is 15.4 Å². The Kier molecular flexibility index (Phi) is 9.09. The zero-order valence-electron chi connectivity index (χ0n) is 21.1. The summed E-state index contributed by atoms with van der Waals surface area (Å²) in [6.45, 7) is 7.16. The van der Waals surface area contributed by atoms with Crippen molar-refractivity contribution in [2.45, 2.75) is 45.3 Å². The van der Waals surface area contributed by atoms with Gasteiger partial charge in [-0.1, -0.05) is 62.4 Å². The fourth-order valence-electron chi connectivity index (χ4n) is 4.74. The van der Waals surface area contributed by atoms with Crippen molar-refractivity contribution < 1.29 is 13.9 Å². The lowest BCUT2D eigenvalue weighted by atomic mass is 10.1. The highest BCUT2D eigenvalue weighted by atomic mass is 19.1. The minimum atomic E-state index is -0.225. The summed E-state index contributed by atoms with van der Waals surface area (Å²) in [7, 11) is 0. The molecule has 3 aromatic carbocycles. The van der Waals surface area contributed by atoms with E-state index in [1.165, 1.54) is 6.07 Å². The van der Waals surface area contributed by atoms with Crippen LogP contribution in [0.1, 0.15) is 31.4 Å². The van der Waals surface area contributed by atoms with Crippen molar-refractivity contribution in [2.75, 3.05) is 19.6 Å². The van der Waals surface area contributed by atoms with Gasteiger partial charge in [0.1, 0.15) is 17.3 Å². The molecule has 2 N–H and O–H groups in total. The molecule has 0 unspecified atom stereocenters. The zero-order chi connectivity index (χ0) is 25.3. The number of ether oxygens (including phenoxy) is 1. The number of rotatable bonds is 11. The zero-order valence-corrected chi connectivity index (χ0v) is 21.1. The van der Waals surface area contributed by atoms with Gasteiger partial charge in [0.25, 0.3) is 0 Å². The van der Waals surface area contributed by atoms with E-state index in [0.29, 0.717) is 31.0 Å². The Bertz CT molecular complexity index is 1120. The van der Waals surface area contributed by atoms with E-state index in [1.807, 2.05) is 54.6 Å². The van der Waals surface area contributed by atoms with Crippen molar-refractivity contribution in [3.63, 3.8) is 0 Å². The Balaban J connectivity index is 1.31. The third-order valence-corrected chi connectivity index (χ3v) is 6.43. The molecular weight excluding hydrogens is 453 g/mol. The molecule has 6 heteroatoms. The Labute approximate surface area is 213 Å². The molecule has 0 aromatic heterocycles. The Morgan fingerprint density at radius 1 is 1.03 bits per heavy atom. The average Bonchev–Trinajstić information content (AvgIpc) is 3.27. The number of carbonyl (C=O) groups excluding carboxylic acids is 1. The fourth-order valence-corrected chi connectivity index (χ4v) is 4.74. The molecule has 0 saturated carbocycles. The van der Waals surface area contributed by atoms with E-state index in [9.17, 15) is 9.18 Å². The highest BCUT2D eigenvalue weighted by Gasteiger charge is 2.36. The number of hydrogen-bond acceptors (Lipinski definition) is 4. The molecular formula is C30H36FN3O2. The molecule has 1 amide bonds. The molecule has 5 nitrogen and oxygen atoms in total. The predicted octanol–water partition coefficient (Wildman–Crippen LogP) is 5.17. The molecule has 3 aromatic rings. The summed E-state index contributed by atoms with van der Waals surface area (Å²) in [5, 5.41) is 6.68. The highest BCUT2D eigenvalue weighted by Crippen LogP contribution is 2.23. The number of nitrogens with zero attached hydrogens (tertiary/aromatic N) is 1. The summed E-state index contributed by atoms with van der Waals surface area (Å²) in [6.07, 6.45) is 1.23. The van der Waals surface area contributed by atoms with Gasteiger partial charge in [-0.15, -0.1) is 0 Å². The van der Waals surface area contributed by atoms with Gasteiger partial charge in [-0.2, -0.15) is 0 Å². The van der Waals surface area contributed by atoms with E-state index in [2.05, 4.69) is 35.4 Å². The average molecular weight is 490 g/mol. The smallest absolute Gasteiger partial charge is 0.237 e. The molecule has 4 rings (SSSR count). The lowest BCUT2D eigenvalue weighted by Gasteiger charge is -2.25. The van der Waals surface area contributed by atoms with E-state index >= 15 is 0 Å². The number of likely N-dealkylation sites (tertiary alicyclic amines) is 1. The SMILES string of the molecule is CC(C)CN1C[C@@H](NCc2cccc(Oc3ccccc3)c2)C[C@H]1C(=O)NCCc1ccccc1F. The first-order valence-corrected chi connectivity index (χ1v) is 12.8. The van der Waals surface area contributed by atoms with Gasteiger partial charge >= 0.3 is 0 Å². The molecule has 0 aliphatic carbocycles. The van der Waals surface area contributed by atoms with Gasteiger partial charge in [-0.3, -0.25) is 9.69 Å². The summed E-state index contributed by atoms with van der Waals surface area (Å²) in [5.41, 5.74) is 1.76. The van der Waals surface area contributed by atoms with Crippen LogP contribution in [0.5, 0.6) is 11.5 Å². The van der Waals surface area contributed by atoms with Crippen molar-refractivity contribution in [3.05, 3.63) is 95.8 Å². The summed E-state index contributed by atoms with van der Waals surface area (Å²) >= 11 is 0. The molecule has 2 atom stereocenters. The molecule has 1 aliphatic rings. The highest BCUT2D eigenvalue weighted by molar-refractivity contribution is 5.82. The maximum absolute atomic E-state index is 13.9. The molecule has 1 saturated heterocycles. The van der Waals surface area contributed by atoms with Crippen LogP contribution in [-0.2, 0) is 17.8 Å². The second kappa shape index (κ2) is 12.7. The third kappa shape index (κ3) is 7.39. The standard InChI is InChI=1S/C30H36FN3O2/c1-22(2)20-34-21-25(18-29(34)30(35)32-16-15-24-10-6-7-14-28(24)31)33-19-23-9-8-13-27(17-23)36-26-11-4-3-5-12-26/h3-14,17,22,25,29,33H,15-16,18-21H2,1-2H3,(H,32,35)/t25-,29-/m0/s1. The van der Waals surface area contributed by atoms with Crippen LogP contribution in [0.3, 0.4) is 0 Å². The summed E-state index contributed by atoms with van der Waals surface area (Å²) in [4.78, 5) is 15.3. The quantitative estimate of drug-likeness (QED) is 0.390. The second-order valence-corrected chi connectivity index (χ2v) is 9.87. The lowest BCUT2D eigenvalue weighted by Crippen LogP contribution is -2.45. The van der Waals surface area contributed by atoms with Crippen molar-refractivity contribution >= 4 is 5.91 Å². The summed E-state index contributed by atoms with van der Waals surface area (Å²) in [6, 6.07) is 24.6. The first kappa shape index (κ1) is 25.9. The van der Waals surface area contributed by atoms with Crippen LogP contribution >= 0.6 is 0 Å². The van der Waals surface area contributed by atoms with Crippen molar-refractivity contribution in [3.8, 4) is 11.5 Å². The van der Waals surface area contributed by atoms with Crippen LogP contribution in [-0.4, -0.2) is 42.5 Å². The maximum atomic E-state index is 13.9. The van der Waals surface area contributed by atoms with E-state index in [4.69, 9.17) is 4.74 Å². The molecule has 36 heavy (non-hydrogen) atoms. The van der Waals surface area contributed by atoms with Crippen LogP contribution in [0.4, 0.5) is 4.39 Å². The fraction of sp³-hybridized carbons (Fsp3) is 0.367. The van der Waals surface area contributed by atoms with Crippen molar-refractivity contribution in [1.82, 2.24) is 15.5 Å². The van der Waals surface area contributed by atoms with Gasteiger partial charge in [0.05, 0.1) is 6.04 Å². The first-order chi connectivity index (χ1) is 17.5. The van der Waals surface area contributed by atoms with E-state index < -0.39 is 0 Å².